The van der Waals surface area contributed by atoms with Crippen LogP contribution in [0.1, 0.15) is 6.92 Å². The van der Waals surface area contributed by atoms with Crippen molar-refractivity contribution in [3.05, 3.63) is 29.3 Å². The van der Waals surface area contributed by atoms with Crippen LogP contribution in [0.25, 0.3) is 0 Å². The van der Waals surface area contributed by atoms with Gasteiger partial charge in [-0.1, -0.05) is 17.7 Å². The van der Waals surface area contributed by atoms with E-state index < -0.39 is 0 Å². The molecule has 2 rings (SSSR count). The van der Waals surface area contributed by atoms with Crippen molar-refractivity contribution in [3.63, 3.8) is 0 Å². The number of halogens is 1. The molecule has 106 valence electrons. The first kappa shape index (κ1) is 14.6. The highest BCUT2D eigenvalue weighted by Gasteiger charge is 2.25. The third-order valence-electron chi connectivity index (χ3n) is 3.28. The summed E-state index contributed by atoms with van der Waals surface area (Å²) < 4.78 is 11.2. The number of morpholine rings is 1. The molecule has 2 unspecified atom stereocenters. The fraction of sp³-hybridized carbons (Fsp3) is 0.571. The van der Waals surface area contributed by atoms with Crippen molar-refractivity contribution in [3.8, 4) is 5.75 Å². The number of ether oxygens (including phenoxy) is 2. The van der Waals surface area contributed by atoms with Crippen LogP contribution in [0, 0.1) is 0 Å². The lowest BCUT2D eigenvalue weighted by Gasteiger charge is -2.37. The Balaban J connectivity index is 1.78. The van der Waals surface area contributed by atoms with Gasteiger partial charge in [-0.15, -0.1) is 0 Å². The molecular weight excluding hydrogens is 266 g/mol. The Morgan fingerprint density at radius 2 is 2.37 bits per heavy atom. The second-order valence-electron chi connectivity index (χ2n) is 4.79. The molecule has 1 N–H and O–H groups in total. The number of aliphatic hydroxyl groups is 1. The van der Waals surface area contributed by atoms with Gasteiger partial charge in [0, 0.05) is 24.2 Å². The van der Waals surface area contributed by atoms with E-state index in [2.05, 4.69) is 11.8 Å². The van der Waals surface area contributed by atoms with Crippen LogP contribution in [0.3, 0.4) is 0 Å². The molecule has 0 aromatic heterocycles. The number of hydrogen-bond acceptors (Lipinski definition) is 4. The third-order valence-corrected chi connectivity index (χ3v) is 3.52. The summed E-state index contributed by atoms with van der Waals surface area (Å²) in [6, 6.07) is 7.75. The predicted octanol–water partition coefficient (Wildman–Crippen LogP) is 1.80. The van der Waals surface area contributed by atoms with Gasteiger partial charge in [0.1, 0.15) is 12.4 Å². The van der Waals surface area contributed by atoms with Crippen molar-refractivity contribution in [2.45, 2.75) is 19.1 Å². The number of benzene rings is 1. The molecule has 1 aromatic carbocycles. The van der Waals surface area contributed by atoms with Gasteiger partial charge in [-0.05, 0) is 25.1 Å². The maximum atomic E-state index is 9.13. The molecular formula is C14H20ClNO3. The SMILES string of the molecule is CC1COC(CO)CN1CCOc1cccc(Cl)c1. The first-order valence-electron chi connectivity index (χ1n) is 6.54. The Kier molecular flexibility index (Phi) is 5.45. The molecule has 0 spiro atoms. The fourth-order valence-electron chi connectivity index (χ4n) is 2.13. The minimum absolute atomic E-state index is 0.0678. The van der Waals surface area contributed by atoms with E-state index in [1.165, 1.54) is 0 Å². The summed E-state index contributed by atoms with van der Waals surface area (Å²) in [7, 11) is 0. The van der Waals surface area contributed by atoms with Crippen LogP contribution in [0.15, 0.2) is 24.3 Å². The van der Waals surface area contributed by atoms with E-state index in [0.29, 0.717) is 24.3 Å². The molecule has 0 saturated carbocycles. The molecule has 1 aromatic rings. The Morgan fingerprint density at radius 3 is 3.11 bits per heavy atom. The van der Waals surface area contributed by atoms with Crippen LogP contribution in [-0.4, -0.2) is 55.1 Å². The van der Waals surface area contributed by atoms with E-state index in [1.807, 2.05) is 18.2 Å². The van der Waals surface area contributed by atoms with E-state index in [-0.39, 0.29) is 12.7 Å². The molecule has 0 amide bonds. The minimum atomic E-state index is -0.0811. The van der Waals surface area contributed by atoms with Crippen LogP contribution in [-0.2, 0) is 4.74 Å². The molecule has 2 atom stereocenters. The molecule has 1 saturated heterocycles. The summed E-state index contributed by atoms with van der Waals surface area (Å²) in [6.07, 6.45) is -0.0811. The third kappa shape index (κ3) is 4.35. The fourth-order valence-corrected chi connectivity index (χ4v) is 2.31. The van der Waals surface area contributed by atoms with Crippen molar-refractivity contribution in [1.29, 1.82) is 0 Å². The van der Waals surface area contributed by atoms with Crippen LogP contribution in [0.4, 0.5) is 0 Å². The molecule has 4 nitrogen and oxygen atoms in total. The lowest BCUT2D eigenvalue weighted by atomic mass is 10.2. The van der Waals surface area contributed by atoms with E-state index in [1.54, 1.807) is 6.07 Å². The zero-order valence-corrected chi connectivity index (χ0v) is 11.8. The molecule has 1 fully saturated rings. The van der Waals surface area contributed by atoms with Crippen molar-refractivity contribution in [2.24, 2.45) is 0 Å². The number of hydrogen-bond donors (Lipinski definition) is 1. The molecule has 1 heterocycles. The Morgan fingerprint density at radius 1 is 1.53 bits per heavy atom. The zero-order valence-electron chi connectivity index (χ0n) is 11.1. The first-order valence-corrected chi connectivity index (χ1v) is 6.91. The van der Waals surface area contributed by atoms with Crippen LogP contribution < -0.4 is 4.74 Å². The molecule has 0 radical (unpaired) electrons. The molecule has 0 aliphatic carbocycles. The van der Waals surface area contributed by atoms with Gasteiger partial charge in [0.05, 0.1) is 19.3 Å². The maximum Gasteiger partial charge on any atom is 0.120 e. The van der Waals surface area contributed by atoms with Gasteiger partial charge in [-0.25, -0.2) is 0 Å². The molecule has 19 heavy (non-hydrogen) atoms. The van der Waals surface area contributed by atoms with Crippen molar-refractivity contribution >= 4 is 11.6 Å². The highest BCUT2D eigenvalue weighted by Crippen LogP contribution is 2.17. The van der Waals surface area contributed by atoms with Crippen molar-refractivity contribution < 1.29 is 14.6 Å². The minimum Gasteiger partial charge on any atom is -0.492 e. The van der Waals surface area contributed by atoms with Gasteiger partial charge < -0.3 is 14.6 Å². The Labute approximate surface area is 118 Å². The van der Waals surface area contributed by atoms with Crippen molar-refractivity contribution in [2.75, 3.05) is 32.9 Å². The van der Waals surface area contributed by atoms with Gasteiger partial charge in [0.2, 0.25) is 0 Å². The van der Waals surface area contributed by atoms with Gasteiger partial charge in [0.15, 0.2) is 0 Å². The molecule has 1 aliphatic rings. The second kappa shape index (κ2) is 7.10. The van der Waals surface area contributed by atoms with Crippen molar-refractivity contribution in [1.82, 2.24) is 4.90 Å². The summed E-state index contributed by atoms with van der Waals surface area (Å²) >= 11 is 5.90. The lowest BCUT2D eigenvalue weighted by molar-refractivity contribution is -0.0798. The summed E-state index contributed by atoms with van der Waals surface area (Å²) in [5.74, 6) is 0.784. The standard InChI is InChI=1S/C14H20ClNO3/c1-11-10-19-14(9-17)8-16(11)5-6-18-13-4-2-3-12(15)7-13/h2-4,7,11,14,17H,5-6,8-10H2,1H3. The number of rotatable bonds is 5. The van der Waals surface area contributed by atoms with Crippen LogP contribution in [0.2, 0.25) is 5.02 Å². The number of aliphatic hydroxyl groups excluding tert-OH is 1. The number of nitrogens with zero attached hydrogens (tertiary/aromatic N) is 1. The van der Waals surface area contributed by atoms with Gasteiger partial charge >= 0.3 is 0 Å². The second-order valence-corrected chi connectivity index (χ2v) is 5.22. The van der Waals surface area contributed by atoms with E-state index in [0.717, 1.165) is 18.8 Å². The smallest absolute Gasteiger partial charge is 0.120 e. The van der Waals surface area contributed by atoms with Crippen LogP contribution in [0.5, 0.6) is 5.75 Å². The monoisotopic (exact) mass is 285 g/mol. The summed E-state index contributed by atoms with van der Waals surface area (Å²) in [4.78, 5) is 2.27. The van der Waals surface area contributed by atoms with Gasteiger partial charge in [-0.2, -0.15) is 0 Å². The average molecular weight is 286 g/mol. The zero-order chi connectivity index (χ0) is 13.7. The van der Waals surface area contributed by atoms with E-state index >= 15 is 0 Å². The first-order chi connectivity index (χ1) is 9.19. The van der Waals surface area contributed by atoms with Crippen LogP contribution >= 0.6 is 11.6 Å². The normalized spacial score (nSPS) is 24.4. The quantitative estimate of drug-likeness (QED) is 0.896. The van der Waals surface area contributed by atoms with E-state index in [9.17, 15) is 0 Å². The molecule has 5 heteroatoms. The lowest BCUT2D eigenvalue weighted by Crippen LogP contribution is -2.50. The molecule has 1 aliphatic heterocycles. The average Bonchev–Trinajstić information content (AvgIpc) is 2.41. The topological polar surface area (TPSA) is 41.9 Å². The highest BCUT2D eigenvalue weighted by molar-refractivity contribution is 6.30. The summed E-state index contributed by atoms with van der Waals surface area (Å²) in [6.45, 7) is 5.00. The van der Waals surface area contributed by atoms with Gasteiger partial charge in [0.25, 0.3) is 0 Å². The summed E-state index contributed by atoms with van der Waals surface area (Å²) in [5, 5.41) is 9.81. The van der Waals surface area contributed by atoms with Gasteiger partial charge in [-0.3, -0.25) is 4.90 Å². The Bertz CT molecular complexity index is 402. The van der Waals surface area contributed by atoms with E-state index in [4.69, 9.17) is 26.2 Å². The predicted molar refractivity (Wildman–Crippen MR) is 74.8 cm³/mol. The maximum absolute atomic E-state index is 9.13. The summed E-state index contributed by atoms with van der Waals surface area (Å²) in [5.41, 5.74) is 0. The largest absolute Gasteiger partial charge is 0.492 e. The Hall–Kier alpha value is -0.810. The molecule has 0 bridgehead atoms. The highest BCUT2D eigenvalue weighted by atomic mass is 35.5.